The van der Waals surface area contributed by atoms with Crippen LogP contribution in [0.1, 0.15) is 10.4 Å². The maximum absolute atomic E-state index is 11.6. The van der Waals surface area contributed by atoms with E-state index >= 15 is 0 Å². The first-order valence-corrected chi connectivity index (χ1v) is 5.27. The monoisotopic (exact) mass is 280 g/mol. The number of ether oxygens (including phenoxy) is 2. The van der Waals surface area contributed by atoms with E-state index in [4.69, 9.17) is 10.5 Å². The SMILES string of the molecule is COC(=O)c1ccccc1Oc1cnccc1N.Cl. The number of anilines is 1. The van der Waals surface area contributed by atoms with Crippen LogP contribution in [0.2, 0.25) is 0 Å². The lowest BCUT2D eigenvalue weighted by molar-refractivity contribution is 0.0598. The molecule has 6 heteroatoms. The van der Waals surface area contributed by atoms with Gasteiger partial charge in [-0.1, -0.05) is 12.1 Å². The minimum Gasteiger partial charge on any atom is -0.465 e. The van der Waals surface area contributed by atoms with Crippen LogP contribution in [-0.2, 0) is 4.74 Å². The van der Waals surface area contributed by atoms with Crippen molar-refractivity contribution in [2.24, 2.45) is 0 Å². The molecule has 2 rings (SSSR count). The highest BCUT2D eigenvalue weighted by Crippen LogP contribution is 2.28. The molecule has 0 saturated carbocycles. The topological polar surface area (TPSA) is 74.4 Å². The van der Waals surface area contributed by atoms with Crippen LogP contribution in [-0.4, -0.2) is 18.1 Å². The minimum atomic E-state index is -0.465. The van der Waals surface area contributed by atoms with Crippen LogP contribution in [0.5, 0.6) is 11.5 Å². The number of halogens is 1. The van der Waals surface area contributed by atoms with Gasteiger partial charge < -0.3 is 15.2 Å². The molecule has 2 N–H and O–H groups in total. The number of pyridine rings is 1. The summed E-state index contributed by atoms with van der Waals surface area (Å²) < 4.78 is 10.3. The molecule has 0 aliphatic heterocycles. The highest BCUT2D eigenvalue weighted by atomic mass is 35.5. The summed E-state index contributed by atoms with van der Waals surface area (Å²) in [5.41, 5.74) is 6.53. The van der Waals surface area contributed by atoms with Crippen LogP contribution in [0, 0.1) is 0 Å². The van der Waals surface area contributed by atoms with E-state index in [9.17, 15) is 4.79 Å². The lowest BCUT2D eigenvalue weighted by Gasteiger charge is -2.10. The Hall–Kier alpha value is -2.27. The zero-order valence-corrected chi connectivity index (χ0v) is 11.0. The molecule has 1 aromatic heterocycles. The Kier molecular flexibility index (Phi) is 5.14. The van der Waals surface area contributed by atoms with Crippen molar-refractivity contribution in [1.29, 1.82) is 0 Å². The number of para-hydroxylation sites is 1. The molecule has 0 aliphatic rings. The fraction of sp³-hybridized carbons (Fsp3) is 0.0769. The van der Waals surface area contributed by atoms with Crippen LogP contribution in [0.15, 0.2) is 42.7 Å². The number of nitrogens with zero attached hydrogens (tertiary/aromatic N) is 1. The van der Waals surface area contributed by atoms with E-state index in [1.165, 1.54) is 13.3 Å². The number of rotatable bonds is 3. The van der Waals surface area contributed by atoms with Gasteiger partial charge in [0.05, 0.1) is 19.0 Å². The summed E-state index contributed by atoms with van der Waals surface area (Å²) in [6, 6.07) is 8.39. The lowest BCUT2D eigenvalue weighted by atomic mass is 10.2. The van der Waals surface area contributed by atoms with Gasteiger partial charge in [-0.15, -0.1) is 12.4 Å². The maximum Gasteiger partial charge on any atom is 0.341 e. The van der Waals surface area contributed by atoms with Gasteiger partial charge in [-0.2, -0.15) is 0 Å². The highest BCUT2D eigenvalue weighted by molar-refractivity contribution is 5.92. The second kappa shape index (κ2) is 6.61. The zero-order valence-electron chi connectivity index (χ0n) is 10.2. The average Bonchev–Trinajstić information content (AvgIpc) is 2.41. The number of nitrogens with two attached hydrogens (primary N) is 1. The Bertz CT molecular complexity index is 575. The van der Waals surface area contributed by atoms with Crippen molar-refractivity contribution in [3.05, 3.63) is 48.3 Å². The summed E-state index contributed by atoms with van der Waals surface area (Å²) in [5, 5.41) is 0. The van der Waals surface area contributed by atoms with E-state index < -0.39 is 5.97 Å². The molecule has 0 unspecified atom stereocenters. The fourth-order valence-corrected chi connectivity index (χ4v) is 1.43. The van der Waals surface area contributed by atoms with Crippen molar-refractivity contribution in [2.75, 3.05) is 12.8 Å². The van der Waals surface area contributed by atoms with E-state index in [-0.39, 0.29) is 12.4 Å². The van der Waals surface area contributed by atoms with Crippen molar-refractivity contribution in [3.8, 4) is 11.5 Å². The van der Waals surface area contributed by atoms with Crippen molar-refractivity contribution < 1.29 is 14.3 Å². The molecule has 19 heavy (non-hydrogen) atoms. The van der Waals surface area contributed by atoms with E-state index in [0.29, 0.717) is 22.7 Å². The molecule has 0 atom stereocenters. The summed E-state index contributed by atoms with van der Waals surface area (Å²) in [4.78, 5) is 15.5. The molecule has 0 fully saturated rings. The maximum atomic E-state index is 11.6. The number of aromatic nitrogens is 1. The molecule has 2 aromatic rings. The third kappa shape index (κ3) is 3.35. The average molecular weight is 281 g/mol. The Morgan fingerprint density at radius 3 is 2.63 bits per heavy atom. The van der Waals surface area contributed by atoms with Crippen molar-refractivity contribution in [1.82, 2.24) is 4.98 Å². The molecule has 0 radical (unpaired) electrons. The summed E-state index contributed by atoms with van der Waals surface area (Å²) in [6.07, 6.45) is 3.05. The molecular formula is C13H13ClN2O3. The van der Waals surface area contributed by atoms with E-state index in [1.54, 1.807) is 36.5 Å². The number of hydrogen-bond acceptors (Lipinski definition) is 5. The Morgan fingerprint density at radius 2 is 1.95 bits per heavy atom. The smallest absolute Gasteiger partial charge is 0.341 e. The predicted molar refractivity (Wildman–Crippen MR) is 73.8 cm³/mol. The van der Waals surface area contributed by atoms with Gasteiger partial charge in [-0.3, -0.25) is 4.98 Å². The number of carbonyl (C=O) groups excluding carboxylic acids is 1. The fourth-order valence-electron chi connectivity index (χ4n) is 1.43. The Morgan fingerprint density at radius 1 is 1.21 bits per heavy atom. The molecule has 0 saturated heterocycles. The van der Waals surface area contributed by atoms with Crippen molar-refractivity contribution >= 4 is 24.1 Å². The van der Waals surface area contributed by atoms with Gasteiger partial charge in [0.2, 0.25) is 0 Å². The van der Waals surface area contributed by atoms with Gasteiger partial charge in [0.1, 0.15) is 11.3 Å². The third-order valence-corrected chi connectivity index (χ3v) is 2.33. The lowest BCUT2D eigenvalue weighted by Crippen LogP contribution is -2.04. The molecule has 0 spiro atoms. The van der Waals surface area contributed by atoms with Crippen molar-refractivity contribution in [3.63, 3.8) is 0 Å². The van der Waals surface area contributed by atoms with Gasteiger partial charge in [0, 0.05) is 6.20 Å². The number of nitrogen functional groups attached to an aromatic ring is 1. The number of carbonyl (C=O) groups is 1. The first-order valence-electron chi connectivity index (χ1n) is 5.27. The second-order valence-corrected chi connectivity index (χ2v) is 3.50. The Labute approximate surface area is 116 Å². The van der Waals surface area contributed by atoms with Crippen LogP contribution in [0.3, 0.4) is 0 Å². The summed E-state index contributed by atoms with van der Waals surface area (Å²) in [7, 11) is 1.32. The number of esters is 1. The third-order valence-electron chi connectivity index (χ3n) is 2.33. The summed E-state index contributed by atoms with van der Waals surface area (Å²) >= 11 is 0. The Balaban J connectivity index is 0.00000180. The second-order valence-electron chi connectivity index (χ2n) is 3.50. The normalized spacial score (nSPS) is 9.32. The first kappa shape index (κ1) is 14.8. The molecule has 1 aromatic carbocycles. The zero-order chi connectivity index (χ0) is 13.0. The summed E-state index contributed by atoms with van der Waals surface area (Å²) in [5.74, 6) is 0.311. The van der Waals surface area contributed by atoms with Gasteiger partial charge in [0.25, 0.3) is 0 Å². The minimum absolute atomic E-state index is 0. The van der Waals surface area contributed by atoms with Crippen LogP contribution < -0.4 is 10.5 Å². The molecule has 100 valence electrons. The van der Waals surface area contributed by atoms with Gasteiger partial charge in [-0.25, -0.2) is 4.79 Å². The number of benzene rings is 1. The van der Waals surface area contributed by atoms with E-state index in [0.717, 1.165) is 0 Å². The van der Waals surface area contributed by atoms with E-state index in [2.05, 4.69) is 9.72 Å². The van der Waals surface area contributed by atoms with Gasteiger partial charge >= 0.3 is 5.97 Å². The van der Waals surface area contributed by atoms with Crippen LogP contribution in [0.4, 0.5) is 5.69 Å². The van der Waals surface area contributed by atoms with Gasteiger partial charge in [0.15, 0.2) is 5.75 Å². The molecule has 0 bridgehead atoms. The standard InChI is InChI=1S/C13H12N2O3.ClH/c1-17-13(16)9-4-2-3-5-11(9)18-12-8-15-7-6-10(12)14;/h2-8H,1H3,(H2,14,15);1H. The quantitative estimate of drug-likeness (QED) is 0.875. The summed E-state index contributed by atoms with van der Waals surface area (Å²) in [6.45, 7) is 0. The van der Waals surface area contributed by atoms with E-state index in [1.807, 2.05) is 0 Å². The molecular weight excluding hydrogens is 268 g/mol. The number of hydrogen-bond donors (Lipinski definition) is 1. The predicted octanol–water partition coefficient (Wildman–Crippen LogP) is 2.66. The number of methoxy groups -OCH3 is 1. The molecule has 5 nitrogen and oxygen atoms in total. The molecule has 0 aliphatic carbocycles. The molecule has 1 heterocycles. The first-order chi connectivity index (χ1) is 8.72. The largest absolute Gasteiger partial charge is 0.465 e. The van der Waals surface area contributed by atoms with Crippen LogP contribution >= 0.6 is 12.4 Å². The van der Waals surface area contributed by atoms with Gasteiger partial charge in [-0.05, 0) is 18.2 Å². The van der Waals surface area contributed by atoms with Crippen molar-refractivity contribution in [2.45, 2.75) is 0 Å². The highest BCUT2D eigenvalue weighted by Gasteiger charge is 2.13. The van der Waals surface area contributed by atoms with Crippen LogP contribution in [0.25, 0.3) is 0 Å². The molecule has 0 amide bonds.